The fraction of sp³-hybridized carbons (Fsp3) is 0.455. The minimum Gasteiger partial charge on any atom is -0.468 e. The maximum absolute atomic E-state index is 11.7. The lowest BCUT2D eigenvalue weighted by Crippen LogP contribution is -2.38. The number of carbonyl (C=O) groups excluding carboxylic acids is 2. The summed E-state index contributed by atoms with van der Waals surface area (Å²) < 4.78 is 5.25. The minimum atomic E-state index is -0.586. The van der Waals surface area contributed by atoms with Gasteiger partial charge in [-0.15, -0.1) is 0 Å². The Morgan fingerprint density at radius 3 is 2.79 bits per heavy atom. The number of ketones is 2. The van der Waals surface area contributed by atoms with Crippen molar-refractivity contribution in [3.05, 3.63) is 24.2 Å². The molecule has 0 N–H and O–H groups in total. The summed E-state index contributed by atoms with van der Waals surface area (Å²) in [5.74, 6) is 0.692. The molecule has 1 aromatic rings. The predicted octanol–water partition coefficient (Wildman–Crippen LogP) is 1.86. The summed E-state index contributed by atoms with van der Waals surface area (Å²) >= 11 is 0. The van der Waals surface area contributed by atoms with Crippen molar-refractivity contribution in [3.8, 4) is 0 Å². The lowest BCUT2D eigenvalue weighted by Gasteiger charge is -2.29. The Morgan fingerprint density at radius 2 is 2.21 bits per heavy atom. The molecule has 3 nitrogen and oxygen atoms in total. The van der Waals surface area contributed by atoms with Crippen LogP contribution in [0.1, 0.15) is 31.9 Å². The Kier molecular flexibility index (Phi) is 2.02. The van der Waals surface area contributed by atoms with E-state index in [4.69, 9.17) is 4.42 Å². The van der Waals surface area contributed by atoms with Crippen LogP contribution in [0.3, 0.4) is 0 Å². The van der Waals surface area contributed by atoms with Crippen molar-refractivity contribution in [3.63, 3.8) is 0 Å². The Labute approximate surface area is 82.1 Å². The molecule has 1 saturated carbocycles. The molecular formula is C11H12O3. The van der Waals surface area contributed by atoms with Gasteiger partial charge in [0.2, 0.25) is 0 Å². The van der Waals surface area contributed by atoms with Crippen LogP contribution in [0, 0.1) is 0 Å². The summed E-state index contributed by atoms with van der Waals surface area (Å²) in [6.45, 7) is 1.85. The third-order valence-electron chi connectivity index (χ3n) is 2.94. The van der Waals surface area contributed by atoms with Gasteiger partial charge >= 0.3 is 0 Å². The van der Waals surface area contributed by atoms with Crippen molar-refractivity contribution in [2.24, 2.45) is 0 Å². The van der Waals surface area contributed by atoms with Crippen molar-refractivity contribution in [2.75, 3.05) is 0 Å². The summed E-state index contributed by atoms with van der Waals surface area (Å²) in [4.78, 5) is 22.8. The van der Waals surface area contributed by atoms with E-state index in [2.05, 4.69) is 0 Å². The molecule has 0 spiro atoms. The summed E-state index contributed by atoms with van der Waals surface area (Å²) in [5, 5.41) is 0. The van der Waals surface area contributed by atoms with Crippen molar-refractivity contribution >= 4 is 11.6 Å². The first-order valence-electron chi connectivity index (χ1n) is 4.72. The molecule has 74 valence electrons. The van der Waals surface area contributed by atoms with Crippen LogP contribution in [0.5, 0.6) is 0 Å². The maximum Gasteiger partial charge on any atom is 0.153 e. The van der Waals surface area contributed by atoms with Gasteiger partial charge in [-0.1, -0.05) is 0 Å². The highest BCUT2D eigenvalue weighted by molar-refractivity contribution is 6.06. The number of furan rings is 1. The molecular weight excluding hydrogens is 180 g/mol. The monoisotopic (exact) mass is 192 g/mol. The lowest BCUT2D eigenvalue weighted by atomic mass is 9.72. The van der Waals surface area contributed by atoms with Gasteiger partial charge in [0.15, 0.2) is 5.78 Å². The smallest absolute Gasteiger partial charge is 0.153 e. The van der Waals surface area contributed by atoms with Crippen LogP contribution in [0.4, 0.5) is 0 Å². The first-order chi connectivity index (χ1) is 6.63. The molecule has 2 rings (SSSR count). The molecule has 0 unspecified atom stereocenters. The second-order valence-electron chi connectivity index (χ2n) is 3.95. The number of hydrogen-bond donors (Lipinski definition) is 0. The molecule has 1 heterocycles. The Bertz CT molecular complexity index is 364. The van der Waals surface area contributed by atoms with E-state index in [0.717, 1.165) is 0 Å². The molecule has 0 aliphatic heterocycles. The van der Waals surface area contributed by atoms with Gasteiger partial charge in [0.1, 0.15) is 11.5 Å². The molecule has 0 saturated heterocycles. The second kappa shape index (κ2) is 3.08. The quantitative estimate of drug-likeness (QED) is 0.638. The second-order valence-corrected chi connectivity index (χ2v) is 3.95. The van der Waals surface area contributed by atoms with Gasteiger partial charge in [0, 0.05) is 6.42 Å². The van der Waals surface area contributed by atoms with Gasteiger partial charge in [0.05, 0.1) is 18.1 Å². The highest BCUT2D eigenvalue weighted by atomic mass is 16.3. The topological polar surface area (TPSA) is 47.3 Å². The summed E-state index contributed by atoms with van der Waals surface area (Å²) in [7, 11) is 0. The number of hydrogen-bond acceptors (Lipinski definition) is 3. The van der Waals surface area contributed by atoms with E-state index < -0.39 is 5.41 Å². The predicted molar refractivity (Wildman–Crippen MR) is 49.9 cm³/mol. The maximum atomic E-state index is 11.7. The molecule has 1 aromatic heterocycles. The highest BCUT2D eigenvalue weighted by Crippen LogP contribution is 2.35. The lowest BCUT2D eigenvalue weighted by molar-refractivity contribution is -0.134. The van der Waals surface area contributed by atoms with E-state index in [-0.39, 0.29) is 18.0 Å². The van der Waals surface area contributed by atoms with Gasteiger partial charge in [-0.25, -0.2) is 0 Å². The number of carbonyl (C=O) groups is 2. The highest BCUT2D eigenvalue weighted by Gasteiger charge is 2.41. The summed E-state index contributed by atoms with van der Waals surface area (Å²) in [6, 6.07) is 3.57. The van der Waals surface area contributed by atoms with Crippen LogP contribution in [-0.4, -0.2) is 11.6 Å². The molecule has 0 bridgehead atoms. The van der Waals surface area contributed by atoms with Gasteiger partial charge < -0.3 is 4.42 Å². The van der Waals surface area contributed by atoms with Crippen LogP contribution in [-0.2, 0) is 15.0 Å². The molecule has 3 heteroatoms. The zero-order valence-electron chi connectivity index (χ0n) is 8.08. The number of rotatable bonds is 1. The first kappa shape index (κ1) is 9.19. The fourth-order valence-electron chi connectivity index (χ4n) is 1.84. The Balaban J connectivity index is 2.32. The van der Waals surface area contributed by atoms with E-state index in [0.29, 0.717) is 18.6 Å². The zero-order valence-corrected chi connectivity index (χ0v) is 8.08. The zero-order chi connectivity index (χ0) is 10.2. The van der Waals surface area contributed by atoms with Crippen molar-refractivity contribution in [1.29, 1.82) is 0 Å². The minimum absolute atomic E-state index is 0.0244. The summed E-state index contributed by atoms with van der Waals surface area (Å²) in [6.07, 6.45) is 2.66. The SMILES string of the molecule is C[C@@]1(c2ccco2)CCC(=O)CC1=O. The molecule has 1 aliphatic carbocycles. The molecule has 1 aliphatic rings. The molecule has 0 radical (unpaired) electrons. The van der Waals surface area contributed by atoms with E-state index in [1.807, 2.05) is 6.92 Å². The first-order valence-corrected chi connectivity index (χ1v) is 4.72. The van der Waals surface area contributed by atoms with Crippen molar-refractivity contribution in [1.82, 2.24) is 0 Å². The third kappa shape index (κ3) is 1.29. The molecule has 0 amide bonds. The van der Waals surface area contributed by atoms with Gasteiger partial charge in [-0.3, -0.25) is 9.59 Å². The van der Waals surface area contributed by atoms with Crippen LogP contribution in [0.15, 0.2) is 22.8 Å². The largest absolute Gasteiger partial charge is 0.468 e. The van der Waals surface area contributed by atoms with E-state index in [1.54, 1.807) is 18.4 Å². The third-order valence-corrected chi connectivity index (χ3v) is 2.94. The van der Waals surface area contributed by atoms with Crippen molar-refractivity contribution in [2.45, 2.75) is 31.6 Å². The van der Waals surface area contributed by atoms with E-state index in [9.17, 15) is 9.59 Å². The van der Waals surface area contributed by atoms with Crippen LogP contribution in [0.25, 0.3) is 0 Å². The van der Waals surface area contributed by atoms with Gasteiger partial charge in [-0.05, 0) is 25.5 Å². The fourth-order valence-corrected chi connectivity index (χ4v) is 1.84. The molecule has 14 heavy (non-hydrogen) atoms. The van der Waals surface area contributed by atoms with Crippen LogP contribution >= 0.6 is 0 Å². The van der Waals surface area contributed by atoms with E-state index >= 15 is 0 Å². The Morgan fingerprint density at radius 1 is 1.43 bits per heavy atom. The standard InChI is InChI=1S/C11H12O3/c1-11(10-3-2-6-14-10)5-4-8(12)7-9(11)13/h2-3,6H,4-5,7H2,1H3/t11-/m1/s1. The summed E-state index contributed by atoms with van der Waals surface area (Å²) in [5.41, 5.74) is -0.586. The average Bonchev–Trinajstić information content (AvgIpc) is 2.65. The normalized spacial score (nSPS) is 28.1. The van der Waals surface area contributed by atoms with Crippen LogP contribution < -0.4 is 0 Å². The Hall–Kier alpha value is -1.38. The van der Waals surface area contributed by atoms with Gasteiger partial charge in [0.25, 0.3) is 0 Å². The van der Waals surface area contributed by atoms with Crippen molar-refractivity contribution < 1.29 is 14.0 Å². The van der Waals surface area contributed by atoms with Crippen LogP contribution in [0.2, 0.25) is 0 Å². The average molecular weight is 192 g/mol. The molecule has 1 atom stereocenters. The molecule has 1 fully saturated rings. The van der Waals surface area contributed by atoms with Gasteiger partial charge in [-0.2, -0.15) is 0 Å². The number of Topliss-reactive ketones (excluding diaryl/α,β-unsaturated/α-hetero) is 2. The molecule has 0 aromatic carbocycles. The van der Waals surface area contributed by atoms with E-state index in [1.165, 1.54) is 0 Å².